The Morgan fingerprint density at radius 1 is 1.00 bits per heavy atom. The summed E-state index contributed by atoms with van der Waals surface area (Å²) < 4.78 is 17.3. The second kappa shape index (κ2) is 13.7. The first kappa shape index (κ1) is 28.1. The summed E-state index contributed by atoms with van der Waals surface area (Å²) in [5.41, 5.74) is 0.733. The Morgan fingerprint density at radius 2 is 1.65 bits per heavy atom. The molecule has 0 amide bonds. The number of esters is 2. The van der Waals surface area contributed by atoms with Crippen molar-refractivity contribution in [1.82, 2.24) is 0 Å². The number of hydrogen-bond donors (Lipinski definition) is 0. The molecule has 2 rings (SSSR count). The first-order chi connectivity index (χ1) is 16.1. The summed E-state index contributed by atoms with van der Waals surface area (Å²) in [7, 11) is 0. The van der Waals surface area contributed by atoms with E-state index in [1.54, 1.807) is 0 Å². The van der Waals surface area contributed by atoms with Crippen LogP contribution >= 0.6 is 0 Å². The van der Waals surface area contributed by atoms with E-state index in [1.807, 2.05) is 50.3 Å². The molecule has 0 aliphatic carbocycles. The molecule has 0 spiro atoms. The molecular weight excluding hydrogens is 428 g/mol. The Labute approximate surface area is 206 Å². The highest BCUT2D eigenvalue weighted by Gasteiger charge is 2.45. The zero-order chi connectivity index (χ0) is 25.1. The minimum atomic E-state index is -0.976. The van der Waals surface area contributed by atoms with Crippen molar-refractivity contribution in [1.29, 1.82) is 0 Å². The van der Waals surface area contributed by atoms with Crippen LogP contribution in [0.25, 0.3) is 0 Å². The van der Waals surface area contributed by atoms with Crippen molar-refractivity contribution in [3.05, 3.63) is 47.5 Å². The van der Waals surface area contributed by atoms with Crippen molar-refractivity contribution in [3.63, 3.8) is 0 Å². The Bertz CT molecular complexity index is 786. The molecule has 0 bridgehead atoms. The zero-order valence-electron chi connectivity index (χ0n) is 22.0. The number of benzene rings is 1. The zero-order valence-corrected chi connectivity index (χ0v) is 22.0. The highest BCUT2D eigenvalue weighted by atomic mass is 16.6. The maximum Gasteiger partial charge on any atom is 0.334 e. The highest BCUT2D eigenvalue weighted by molar-refractivity contribution is 5.91. The Balaban J connectivity index is 2.09. The molecule has 190 valence electrons. The summed E-state index contributed by atoms with van der Waals surface area (Å²) >= 11 is 0. The van der Waals surface area contributed by atoms with Crippen molar-refractivity contribution in [3.8, 4) is 0 Å². The number of carbonyl (C=O) groups excluding carboxylic acids is 2. The third-order valence-electron chi connectivity index (χ3n) is 5.94. The van der Waals surface area contributed by atoms with Crippen LogP contribution < -0.4 is 0 Å². The first-order valence-electron chi connectivity index (χ1n) is 12.8. The summed E-state index contributed by atoms with van der Waals surface area (Å²) in [5.74, 6) is 1.37. The van der Waals surface area contributed by atoms with Crippen molar-refractivity contribution in [2.75, 3.05) is 13.2 Å². The summed E-state index contributed by atoms with van der Waals surface area (Å²) in [4.78, 5) is 25.0. The van der Waals surface area contributed by atoms with E-state index >= 15 is 0 Å². The van der Waals surface area contributed by atoms with E-state index in [0.717, 1.165) is 24.8 Å². The summed E-state index contributed by atoms with van der Waals surface area (Å²) in [6.07, 6.45) is 5.90. The molecule has 1 aliphatic heterocycles. The van der Waals surface area contributed by atoms with Crippen LogP contribution in [0, 0.1) is 23.7 Å². The van der Waals surface area contributed by atoms with Crippen molar-refractivity contribution in [2.24, 2.45) is 23.7 Å². The van der Waals surface area contributed by atoms with E-state index < -0.39 is 5.60 Å². The maximum absolute atomic E-state index is 12.8. The van der Waals surface area contributed by atoms with Crippen LogP contribution in [0.5, 0.6) is 0 Å². The standard InChI is InChI=1S/C29H44O5/c1-21(2)14-25(15-22(3)4)12-13-26-17-29(34-28(26)31,20-33-27(30)16-23(5)6)19-32-18-24-10-8-7-9-11-24/h7-11,13,21-23,25H,12,14-20H2,1-6H3/b26-13+. The van der Waals surface area contributed by atoms with E-state index in [1.165, 1.54) is 0 Å². The van der Waals surface area contributed by atoms with Gasteiger partial charge in [0.05, 0.1) is 13.2 Å². The van der Waals surface area contributed by atoms with E-state index in [4.69, 9.17) is 14.2 Å². The number of hydrogen-bond acceptors (Lipinski definition) is 5. The molecule has 0 aromatic heterocycles. The average molecular weight is 473 g/mol. The Kier molecular flexibility index (Phi) is 11.3. The van der Waals surface area contributed by atoms with Crippen molar-refractivity contribution in [2.45, 2.75) is 85.9 Å². The predicted molar refractivity (Wildman–Crippen MR) is 135 cm³/mol. The van der Waals surface area contributed by atoms with Gasteiger partial charge in [-0.3, -0.25) is 4.79 Å². The fourth-order valence-electron chi connectivity index (χ4n) is 4.54. The van der Waals surface area contributed by atoms with Gasteiger partial charge in [-0.1, -0.05) is 78.0 Å². The van der Waals surface area contributed by atoms with Crippen LogP contribution in [0.4, 0.5) is 0 Å². The minimum absolute atomic E-state index is 0.0117. The SMILES string of the molecule is CC(C)CC(=O)OCC1(COCc2ccccc2)C/C(=C\CC(CC(C)C)CC(C)C)C(=O)O1. The molecule has 1 unspecified atom stereocenters. The number of cyclic esters (lactones) is 1. The molecule has 0 radical (unpaired) electrons. The molecule has 34 heavy (non-hydrogen) atoms. The third-order valence-corrected chi connectivity index (χ3v) is 5.94. The van der Waals surface area contributed by atoms with Gasteiger partial charge in [0.25, 0.3) is 0 Å². The molecule has 5 heteroatoms. The smallest absolute Gasteiger partial charge is 0.334 e. The first-order valence-corrected chi connectivity index (χ1v) is 12.8. The minimum Gasteiger partial charge on any atom is -0.461 e. The lowest BCUT2D eigenvalue weighted by Crippen LogP contribution is -2.40. The predicted octanol–water partition coefficient (Wildman–Crippen LogP) is 6.50. The summed E-state index contributed by atoms with van der Waals surface area (Å²) in [6, 6.07) is 9.86. The van der Waals surface area contributed by atoms with Crippen LogP contribution in [-0.2, 0) is 30.4 Å². The molecular formula is C29H44O5. The van der Waals surface area contributed by atoms with Gasteiger partial charge in [0.2, 0.25) is 0 Å². The van der Waals surface area contributed by atoms with Crippen LogP contribution in [0.3, 0.4) is 0 Å². The summed E-state index contributed by atoms with van der Waals surface area (Å²) in [5, 5.41) is 0. The highest BCUT2D eigenvalue weighted by Crippen LogP contribution is 2.34. The topological polar surface area (TPSA) is 61.8 Å². The molecule has 1 aromatic carbocycles. The van der Waals surface area contributed by atoms with Crippen LogP contribution in [-0.4, -0.2) is 30.8 Å². The average Bonchev–Trinajstić information content (AvgIpc) is 3.06. The lowest BCUT2D eigenvalue weighted by atomic mass is 9.86. The molecule has 1 heterocycles. The largest absolute Gasteiger partial charge is 0.461 e. The van der Waals surface area contributed by atoms with Gasteiger partial charge in [0.1, 0.15) is 6.61 Å². The van der Waals surface area contributed by atoms with Gasteiger partial charge in [-0.2, -0.15) is 0 Å². The molecule has 0 saturated carbocycles. The number of carbonyl (C=O) groups is 2. The number of allylic oxidation sites excluding steroid dienone is 1. The lowest BCUT2D eigenvalue weighted by molar-refractivity contribution is -0.169. The van der Waals surface area contributed by atoms with Gasteiger partial charge in [-0.15, -0.1) is 0 Å². The van der Waals surface area contributed by atoms with E-state index in [9.17, 15) is 9.59 Å². The Morgan fingerprint density at radius 3 is 2.24 bits per heavy atom. The van der Waals surface area contributed by atoms with E-state index in [-0.39, 0.29) is 31.1 Å². The fourth-order valence-corrected chi connectivity index (χ4v) is 4.54. The fraction of sp³-hybridized carbons (Fsp3) is 0.655. The molecule has 1 saturated heterocycles. The molecule has 0 N–H and O–H groups in total. The molecule has 1 aliphatic rings. The number of rotatable bonds is 14. The quantitative estimate of drug-likeness (QED) is 0.228. The van der Waals surface area contributed by atoms with Crippen LogP contribution in [0.2, 0.25) is 0 Å². The van der Waals surface area contributed by atoms with Crippen molar-refractivity contribution < 1.29 is 23.8 Å². The van der Waals surface area contributed by atoms with Gasteiger partial charge < -0.3 is 14.2 Å². The number of ether oxygens (including phenoxy) is 3. The van der Waals surface area contributed by atoms with Crippen molar-refractivity contribution >= 4 is 11.9 Å². The van der Waals surface area contributed by atoms with Crippen LogP contribution in [0.1, 0.15) is 79.2 Å². The van der Waals surface area contributed by atoms with Gasteiger partial charge in [0, 0.05) is 18.4 Å². The second-order valence-corrected chi connectivity index (χ2v) is 11.1. The van der Waals surface area contributed by atoms with Gasteiger partial charge >= 0.3 is 11.9 Å². The second-order valence-electron chi connectivity index (χ2n) is 11.1. The Hall–Kier alpha value is -2.14. The van der Waals surface area contributed by atoms with E-state index in [0.29, 0.717) is 42.8 Å². The molecule has 1 fully saturated rings. The molecule has 1 aromatic rings. The summed E-state index contributed by atoms with van der Waals surface area (Å²) in [6.45, 7) is 13.5. The van der Waals surface area contributed by atoms with Crippen LogP contribution in [0.15, 0.2) is 42.0 Å². The lowest BCUT2D eigenvalue weighted by Gasteiger charge is -2.26. The van der Waals surface area contributed by atoms with Gasteiger partial charge in [-0.05, 0) is 48.5 Å². The monoisotopic (exact) mass is 472 g/mol. The molecule has 1 atom stereocenters. The van der Waals surface area contributed by atoms with E-state index in [2.05, 4.69) is 27.7 Å². The van der Waals surface area contributed by atoms with Gasteiger partial charge in [-0.25, -0.2) is 4.79 Å². The maximum atomic E-state index is 12.8. The van der Waals surface area contributed by atoms with Gasteiger partial charge in [0.15, 0.2) is 5.60 Å². The third kappa shape index (κ3) is 10.0. The normalized spacial score (nSPS) is 19.6. The molecule has 5 nitrogen and oxygen atoms in total.